The van der Waals surface area contributed by atoms with Gasteiger partial charge in [0.25, 0.3) is 3.79 Å². The van der Waals surface area contributed by atoms with Gasteiger partial charge in [-0.05, 0) is 18.2 Å². The second-order valence-corrected chi connectivity index (χ2v) is 5.77. The molecule has 0 aromatic heterocycles. The average Bonchev–Trinajstić information content (AvgIpc) is 2.12. The van der Waals surface area contributed by atoms with Gasteiger partial charge in [-0.3, -0.25) is 4.79 Å². The van der Waals surface area contributed by atoms with E-state index in [4.69, 9.17) is 46.4 Å². The highest BCUT2D eigenvalue weighted by Gasteiger charge is 2.35. The maximum absolute atomic E-state index is 12.4. The minimum absolute atomic E-state index is 0.266. The molecule has 0 atom stereocenters. The molecule has 0 heterocycles. The number of halogens is 7. The molecule has 0 unspecified atom stereocenters. The number of ketones is 1. The van der Waals surface area contributed by atoms with Crippen molar-refractivity contribution in [2.24, 2.45) is 0 Å². The van der Waals surface area contributed by atoms with Gasteiger partial charge in [-0.2, -0.15) is 13.2 Å². The summed E-state index contributed by atoms with van der Waals surface area (Å²) in [5.74, 6) is -1.07. The van der Waals surface area contributed by atoms with Gasteiger partial charge < -0.3 is 0 Å². The van der Waals surface area contributed by atoms with Crippen LogP contribution in [0.1, 0.15) is 15.9 Å². The van der Waals surface area contributed by atoms with Gasteiger partial charge in [0.05, 0.1) is 5.56 Å². The Labute approximate surface area is 114 Å². The summed E-state index contributed by atoms with van der Waals surface area (Å²) < 4.78 is 35.0. The third-order valence-electron chi connectivity index (χ3n) is 1.74. The molecule has 1 rings (SSSR count). The fourth-order valence-corrected chi connectivity index (χ4v) is 1.61. The molecule has 0 aliphatic carbocycles. The monoisotopic (exact) mass is 324 g/mol. The SMILES string of the molecule is O=C(c1cc(Cl)cc(C(F)(F)F)c1)C(Cl)(Cl)Cl. The number of carbonyl (C=O) groups is 1. The van der Waals surface area contributed by atoms with Crippen LogP contribution >= 0.6 is 46.4 Å². The summed E-state index contributed by atoms with van der Waals surface area (Å²) in [5, 5.41) is -0.266. The first kappa shape index (κ1) is 14.9. The van der Waals surface area contributed by atoms with Crippen molar-refractivity contribution in [1.29, 1.82) is 0 Å². The summed E-state index contributed by atoms with van der Waals surface area (Å²) in [6.07, 6.45) is -4.63. The standard InChI is InChI=1S/C9H3Cl4F3O/c10-6-2-4(7(17)8(11,12)13)1-5(3-6)9(14,15)16/h1-3H. The first-order valence-electron chi connectivity index (χ1n) is 4.01. The minimum atomic E-state index is -4.63. The Bertz CT molecular complexity index is 451. The lowest BCUT2D eigenvalue weighted by Crippen LogP contribution is -2.19. The smallest absolute Gasteiger partial charge is 0.289 e. The third-order valence-corrected chi connectivity index (χ3v) is 2.48. The summed E-state index contributed by atoms with van der Waals surface area (Å²) >= 11 is 21.4. The zero-order chi connectivity index (χ0) is 13.4. The van der Waals surface area contributed by atoms with Crippen molar-refractivity contribution in [2.45, 2.75) is 9.97 Å². The number of hydrogen-bond acceptors (Lipinski definition) is 1. The van der Waals surface area contributed by atoms with Gasteiger partial charge in [0.2, 0.25) is 5.78 Å². The van der Waals surface area contributed by atoms with Gasteiger partial charge in [-0.1, -0.05) is 46.4 Å². The molecule has 0 aliphatic rings. The van der Waals surface area contributed by atoms with Gasteiger partial charge in [-0.25, -0.2) is 0 Å². The van der Waals surface area contributed by atoms with Crippen LogP contribution in [0, 0.1) is 0 Å². The maximum Gasteiger partial charge on any atom is 0.416 e. The topological polar surface area (TPSA) is 17.1 Å². The van der Waals surface area contributed by atoms with Crippen LogP contribution < -0.4 is 0 Å². The molecule has 0 spiro atoms. The van der Waals surface area contributed by atoms with Crippen molar-refractivity contribution in [3.8, 4) is 0 Å². The highest BCUT2D eigenvalue weighted by atomic mass is 35.6. The lowest BCUT2D eigenvalue weighted by molar-refractivity contribution is -0.137. The Morgan fingerprint density at radius 1 is 1.06 bits per heavy atom. The molecule has 0 saturated heterocycles. The lowest BCUT2D eigenvalue weighted by Gasteiger charge is -2.12. The summed E-state index contributed by atoms with van der Waals surface area (Å²) in [6.45, 7) is 0. The molecule has 0 amide bonds. The predicted octanol–water partition coefficient (Wildman–Crippen LogP) is 4.91. The molecule has 17 heavy (non-hydrogen) atoms. The van der Waals surface area contributed by atoms with Gasteiger partial charge >= 0.3 is 6.18 Å². The summed E-state index contributed by atoms with van der Waals surface area (Å²) in [5.41, 5.74) is -1.49. The Hall–Kier alpha value is -0.160. The van der Waals surface area contributed by atoms with Gasteiger partial charge in [-0.15, -0.1) is 0 Å². The predicted molar refractivity (Wildman–Crippen MR) is 61.1 cm³/mol. The first-order valence-corrected chi connectivity index (χ1v) is 5.52. The highest BCUT2D eigenvalue weighted by Crippen LogP contribution is 2.35. The molecule has 0 bridgehead atoms. The number of hydrogen-bond donors (Lipinski definition) is 0. The van der Waals surface area contributed by atoms with E-state index < -0.39 is 26.9 Å². The van der Waals surface area contributed by atoms with E-state index in [0.717, 1.165) is 6.07 Å². The van der Waals surface area contributed by atoms with Crippen LogP contribution in [-0.4, -0.2) is 9.58 Å². The minimum Gasteiger partial charge on any atom is -0.289 e. The van der Waals surface area contributed by atoms with Crippen molar-refractivity contribution in [3.63, 3.8) is 0 Å². The third kappa shape index (κ3) is 3.91. The molecule has 94 valence electrons. The second kappa shape index (κ2) is 4.84. The molecular weight excluding hydrogens is 323 g/mol. The molecule has 0 aliphatic heterocycles. The quantitative estimate of drug-likeness (QED) is 0.529. The molecule has 0 N–H and O–H groups in total. The van der Waals surface area contributed by atoms with Crippen LogP contribution in [0.4, 0.5) is 13.2 Å². The van der Waals surface area contributed by atoms with E-state index in [-0.39, 0.29) is 5.02 Å². The van der Waals surface area contributed by atoms with Crippen molar-refractivity contribution >= 4 is 52.2 Å². The summed E-state index contributed by atoms with van der Waals surface area (Å²) in [4.78, 5) is 11.5. The van der Waals surface area contributed by atoms with Crippen LogP contribution in [0.5, 0.6) is 0 Å². The van der Waals surface area contributed by atoms with Crippen molar-refractivity contribution in [2.75, 3.05) is 0 Å². The average molecular weight is 326 g/mol. The van der Waals surface area contributed by atoms with E-state index in [2.05, 4.69) is 0 Å². The van der Waals surface area contributed by atoms with E-state index >= 15 is 0 Å². The normalized spacial score (nSPS) is 12.6. The van der Waals surface area contributed by atoms with Crippen molar-refractivity contribution in [3.05, 3.63) is 34.3 Å². The molecule has 0 fully saturated rings. The number of alkyl halides is 6. The highest BCUT2D eigenvalue weighted by molar-refractivity contribution is 6.77. The van der Waals surface area contributed by atoms with E-state index in [0.29, 0.717) is 12.1 Å². The first-order chi connectivity index (χ1) is 7.51. The van der Waals surface area contributed by atoms with Crippen LogP contribution in [0.2, 0.25) is 5.02 Å². The molecular formula is C9H3Cl4F3O. The van der Waals surface area contributed by atoms with Crippen LogP contribution in [0.25, 0.3) is 0 Å². The second-order valence-electron chi connectivity index (χ2n) is 3.05. The summed E-state index contributed by atoms with van der Waals surface area (Å²) in [7, 11) is 0. The van der Waals surface area contributed by atoms with Crippen molar-refractivity contribution in [1.82, 2.24) is 0 Å². The van der Waals surface area contributed by atoms with Crippen molar-refractivity contribution < 1.29 is 18.0 Å². The Balaban J connectivity index is 3.29. The molecule has 1 aromatic rings. The fourth-order valence-electron chi connectivity index (χ4n) is 1.05. The van der Waals surface area contributed by atoms with Crippen LogP contribution in [0.15, 0.2) is 18.2 Å². The van der Waals surface area contributed by atoms with Crippen LogP contribution in [0.3, 0.4) is 0 Å². The zero-order valence-electron chi connectivity index (χ0n) is 7.79. The van der Waals surface area contributed by atoms with E-state index in [9.17, 15) is 18.0 Å². The molecule has 0 saturated carbocycles. The van der Waals surface area contributed by atoms with Gasteiger partial charge in [0.15, 0.2) is 0 Å². The van der Waals surface area contributed by atoms with Crippen LogP contribution in [-0.2, 0) is 6.18 Å². The lowest BCUT2D eigenvalue weighted by atomic mass is 10.1. The van der Waals surface area contributed by atoms with E-state index in [1.165, 1.54) is 0 Å². The number of rotatable bonds is 1. The molecule has 8 heteroatoms. The van der Waals surface area contributed by atoms with Gasteiger partial charge in [0, 0.05) is 10.6 Å². The molecule has 0 radical (unpaired) electrons. The zero-order valence-corrected chi connectivity index (χ0v) is 10.8. The number of benzene rings is 1. The molecule has 1 nitrogen and oxygen atoms in total. The maximum atomic E-state index is 12.4. The Morgan fingerprint density at radius 3 is 2.00 bits per heavy atom. The van der Waals surface area contributed by atoms with E-state index in [1.54, 1.807) is 0 Å². The van der Waals surface area contributed by atoms with E-state index in [1.807, 2.05) is 0 Å². The fraction of sp³-hybridized carbons (Fsp3) is 0.222. The largest absolute Gasteiger partial charge is 0.416 e. The number of Topliss-reactive ketones (excluding diaryl/α,β-unsaturated/α-hetero) is 1. The number of carbonyl (C=O) groups excluding carboxylic acids is 1. The molecule has 1 aromatic carbocycles. The Kier molecular flexibility index (Phi) is 4.24. The Morgan fingerprint density at radius 2 is 1.59 bits per heavy atom. The van der Waals surface area contributed by atoms with Gasteiger partial charge in [0.1, 0.15) is 0 Å². The summed E-state index contributed by atoms with van der Waals surface area (Å²) in [6, 6.07) is 2.26.